The van der Waals surface area contributed by atoms with Crippen LogP contribution >= 0.6 is 11.8 Å². The van der Waals surface area contributed by atoms with Gasteiger partial charge in [-0.3, -0.25) is 9.59 Å². The van der Waals surface area contributed by atoms with E-state index < -0.39 is 10.0 Å². The molecule has 0 fully saturated rings. The quantitative estimate of drug-likeness (QED) is 0.664. The largest absolute Gasteiger partial charge is 0.326 e. The highest BCUT2D eigenvalue weighted by Crippen LogP contribution is 2.21. The van der Waals surface area contributed by atoms with Crippen molar-refractivity contribution >= 4 is 45.0 Å². The van der Waals surface area contributed by atoms with Gasteiger partial charge in [0, 0.05) is 23.2 Å². The van der Waals surface area contributed by atoms with E-state index in [9.17, 15) is 18.0 Å². The first kappa shape index (κ1) is 19.0. The number of sulfonamides is 1. The van der Waals surface area contributed by atoms with Crippen LogP contribution in [-0.4, -0.2) is 26.0 Å². The highest BCUT2D eigenvalue weighted by Gasteiger charge is 2.08. The molecule has 0 saturated heterocycles. The zero-order valence-electron chi connectivity index (χ0n) is 13.4. The van der Waals surface area contributed by atoms with Gasteiger partial charge in [-0.05, 0) is 48.5 Å². The predicted octanol–water partition coefficient (Wildman–Crippen LogP) is 2.02. The lowest BCUT2D eigenvalue weighted by Gasteiger charge is -2.07. The minimum absolute atomic E-state index is 0.0147. The van der Waals surface area contributed by atoms with Crippen molar-refractivity contribution in [3.8, 4) is 0 Å². The SMILES string of the molecule is CC(=O)Nc1ccc(SCC(=O)Nc2ccc(S(N)(=O)=O)cc2)cc1. The summed E-state index contributed by atoms with van der Waals surface area (Å²) in [5, 5.41) is 10.4. The van der Waals surface area contributed by atoms with Gasteiger partial charge in [0.15, 0.2) is 0 Å². The molecule has 2 amide bonds. The Morgan fingerprint density at radius 1 is 0.960 bits per heavy atom. The number of hydrogen-bond acceptors (Lipinski definition) is 5. The summed E-state index contributed by atoms with van der Waals surface area (Å²) in [5.74, 6) is -0.177. The average Bonchev–Trinajstić information content (AvgIpc) is 2.53. The molecule has 0 aliphatic carbocycles. The molecule has 0 bridgehead atoms. The zero-order valence-corrected chi connectivity index (χ0v) is 15.0. The van der Waals surface area contributed by atoms with Crippen molar-refractivity contribution in [3.05, 3.63) is 48.5 Å². The van der Waals surface area contributed by atoms with Crippen LogP contribution in [0.15, 0.2) is 58.3 Å². The zero-order chi connectivity index (χ0) is 18.4. The van der Waals surface area contributed by atoms with Gasteiger partial charge in [0.1, 0.15) is 0 Å². The second-order valence-electron chi connectivity index (χ2n) is 5.11. The van der Waals surface area contributed by atoms with Crippen LogP contribution in [0, 0.1) is 0 Å². The highest BCUT2D eigenvalue weighted by molar-refractivity contribution is 8.00. The molecule has 0 aliphatic rings. The van der Waals surface area contributed by atoms with Crippen molar-refractivity contribution in [1.82, 2.24) is 0 Å². The third kappa shape index (κ3) is 6.22. The fraction of sp³-hybridized carbons (Fsp3) is 0.125. The Labute approximate surface area is 150 Å². The molecule has 9 heteroatoms. The minimum atomic E-state index is -3.75. The van der Waals surface area contributed by atoms with E-state index >= 15 is 0 Å². The molecule has 0 aromatic heterocycles. The van der Waals surface area contributed by atoms with Gasteiger partial charge in [0.05, 0.1) is 10.6 Å². The third-order valence-corrected chi connectivity index (χ3v) is 4.95. The Kier molecular flexibility index (Phi) is 6.18. The van der Waals surface area contributed by atoms with E-state index in [1.807, 2.05) is 12.1 Å². The molecule has 0 radical (unpaired) electrons. The molecule has 25 heavy (non-hydrogen) atoms. The second kappa shape index (κ2) is 8.15. The maximum atomic E-state index is 11.9. The molecule has 4 N–H and O–H groups in total. The van der Waals surface area contributed by atoms with Crippen LogP contribution in [0.3, 0.4) is 0 Å². The first-order valence-corrected chi connectivity index (χ1v) is 9.70. The van der Waals surface area contributed by atoms with E-state index in [4.69, 9.17) is 5.14 Å². The van der Waals surface area contributed by atoms with E-state index in [1.54, 1.807) is 12.1 Å². The van der Waals surface area contributed by atoms with Gasteiger partial charge in [0.25, 0.3) is 0 Å². The molecule has 2 aromatic rings. The predicted molar refractivity (Wildman–Crippen MR) is 97.9 cm³/mol. The van der Waals surface area contributed by atoms with Gasteiger partial charge < -0.3 is 10.6 Å². The Balaban J connectivity index is 1.87. The molecule has 0 atom stereocenters. The number of thioether (sulfide) groups is 1. The third-order valence-electron chi connectivity index (χ3n) is 3.01. The van der Waals surface area contributed by atoms with Crippen LogP contribution in [0.1, 0.15) is 6.92 Å². The molecule has 2 aromatic carbocycles. The maximum absolute atomic E-state index is 11.9. The van der Waals surface area contributed by atoms with E-state index in [1.165, 1.54) is 43.0 Å². The van der Waals surface area contributed by atoms with E-state index in [0.717, 1.165) is 4.90 Å². The molecule has 0 saturated carbocycles. The summed E-state index contributed by atoms with van der Waals surface area (Å²) in [4.78, 5) is 23.8. The van der Waals surface area contributed by atoms with Crippen molar-refractivity contribution < 1.29 is 18.0 Å². The van der Waals surface area contributed by atoms with Crippen molar-refractivity contribution in [3.63, 3.8) is 0 Å². The topological polar surface area (TPSA) is 118 Å². The van der Waals surface area contributed by atoms with Crippen molar-refractivity contribution in [2.24, 2.45) is 5.14 Å². The van der Waals surface area contributed by atoms with Gasteiger partial charge in [0.2, 0.25) is 21.8 Å². The number of anilines is 2. The Morgan fingerprint density at radius 3 is 2.00 bits per heavy atom. The fourth-order valence-corrected chi connectivity index (χ4v) is 3.13. The van der Waals surface area contributed by atoms with Crippen LogP contribution in [0.5, 0.6) is 0 Å². The number of rotatable bonds is 6. The number of primary sulfonamides is 1. The molecule has 0 spiro atoms. The molecule has 0 unspecified atom stereocenters. The number of carbonyl (C=O) groups excluding carboxylic acids is 2. The number of nitrogens with two attached hydrogens (primary N) is 1. The molecule has 0 heterocycles. The van der Waals surface area contributed by atoms with E-state index in [2.05, 4.69) is 10.6 Å². The van der Waals surface area contributed by atoms with Gasteiger partial charge in [-0.25, -0.2) is 13.6 Å². The summed E-state index contributed by atoms with van der Waals surface area (Å²) in [6.45, 7) is 1.43. The number of benzene rings is 2. The first-order valence-electron chi connectivity index (χ1n) is 7.17. The summed E-state index contributed by atoms with van der Waals surface area (Å²) < 4.78 is 22.3. The van der Waals surface area contributed by atoms with Gasteiger partial charge in [-0.1, -0.05) is 0 Å². The Bertz CT molecular complexity index is 863. The summed E-state index contributed by atoms with van der Waals surface area (Å²) in [6.07, 6.45) is 0. The molecule has 0 aliphatic heterocycles. The van der Waals surface area contributed by atoms with E-state index in [-0.39, 0.29) is 22.5 Å². The summed E-state index contributed by atoms with van der Waals surface area (Å²) in [7, 11) is -3.75. The lowest BCUT2D eigenvalue weighted by Crippen LogP contribution is -2.15. The van der Waals surface area contributed by atoms with Crippen LogP contribution in [0.2, 0.25) is 0 Å². The summed E-state index contributed by atoms with van der Waals surface area (Å²) >= 11 is 1.34. The summed E-state index contributed by atoms with van der Waals surface area (Å²) in [6, 6.07) is 12.8. The smallest absolute Gasteiger partial charge is 0.238 e. The fourth-order valence-electron chi connectivity index (χ4n) is 1.91. The Morgan fingerprint density at radius 2 is 1.48 bits per heavy atom. The standard InChI is InChI=1S/C16H17N3O4S2/c1-11(20)18-12-2-6-14(7-3-12)24-10-16(21)19-13-4-8-15(9-5-13)25(17,22)23/h2-9H,10H2,1H3,(H,18,20)(H,19,21)(H2,17,22,23). The number of hydrogen-bond donors (Lipinski definition) is 3. The lowest BCUT2D eigenvalue weighted by molar-refractivity contribution is -0.114. The second-order valence-corrected chi connectivity index (χ2v) is 7.72. The van der Waals surface area contributed by atoms with Crippen LogP contribution in [0.25, 0.3) is 0 Å². The minimum Gasteiger partial charge on any atom is -0.326 e. The first-order chi connectivity index (χ1) is 11.7. The molecule has 7 nitrogen and oxygen atoms in total. The van der Waals surface area contributed by atoms with Crippen LogP contribution in [-0.2, 0) is 19.6 Å². The monoisotopic (exact) mass is 379 g/mol. The van der Waals surface area contributed by atoms with Crippen molar-refractivity contribution in [1.29, 1.82) is 0 Å². The highest BCUT2D eigenvalue weighted by atomic mass is 32.2. The Hall–Kier alpha value is -2.36. The van der Waals surface area contributed by atoms with Crippen LogP contribution in [0.4, 0.5) is 11.4 Å². The average molecular weight is 379 g/mol. The molecular weight excluding hydrogens is 362 g/mol. The lowest BCUT2D eigenvalue weighted by atomic mass is 10.3. The number of carbonyl (C=O) groups is 2. The molecule has 132 valence electrons. The maximum Gasteiger partial charge on any atom is 0.238 e. The van der Waals surface area contributed by atoms with Gasteiger partial charge >= 0.3 is 0 Å². The van der Waals surface area contributed by atoms with Crippen molar-refractivity contribution in [2.75, 3.05) is 16.4 Å². The summed E-state index contributed by atoms with van der Waals surface area (Å²) in [5.41, 5.74) is 1.18. The van der Waals surface area contributed by atoms with E-state index in [0.29, 0.717) is 11.4 Å². The number of amides is 2. The number of nitrogens with one attached hydrogen (secondary N) is 2. The molecule has 2 rings (SSSR count). The van der Waals surface area contributed by atoms with Crippen LogP contribution < -0.4 is 15.8 Å². The van der Waals surface area contributed by atoms with Gasteiger partial charge in [-0.2, -0.15) is 0 Å². The van der Waals surface area contributed by atoms with Crippen molar-refractivity contribution in [2.45, 2.75) is 16.7 Å². The normalized spacial score (nSPS) is 11.0. The van der Waals surface area contributed by atoms with Gasteiger partial charge in [-0.15, -0.1) is 11.8 Å². The molecular formula is C16H17N3O4S2.